The van der Waals surface area contributed by atoms with Gasteiger partial charge in [0, 0.05) is 11.1 Å². The van der Waals surface area contributed by atoms with Crippen LogP contribution in [0.3, 0.4) is 0 Å². The third-order valence-electron chi connectivity index (χ3n) is 4.67. The van der Waals surface area contributed by atoms with E-state index in [1.807, 2.05) is 14.1 Å². The normalized spacial score (nSPS) is 11.6. The molecule has 0 atom stereocenters. The molecule has 4 aromatic rings. The molecular formula is C24H23F3N4O2S. The van der Waals surface area contributed by atoms with Crippen molar-refractivity contribution in [3.63, 3.8) is 0 Å². The summed E-state index contributed by atoms with van der Waals surface area (Å²) in [5, 5.41) is 11.8. The second kappa shape index (κ2) is 10.2. The number of nitrogens with one attached hydrogen (secondary N) is 1. The minimum absolute atomic E-state index is 0.0969. The van der Waals surface area contributed by atoms with E-state index in [0.29, 0.717) is 16.8 Å². The Balaban J connectivity index is 0.00000103. The lowest BCUT2D eigenvalue weighted by Crippen LogP contribution is -2.11. The minimum Gasteiger partial charge on any atom is -0.323 e. The average molecular weight is 489 g/mol. The maximum atomic E-state index is 14.0. The van der Waals surface area contributed by atoms with E-state index in [0.717, 1.165) is 0 Å². The van der Waals surface area contributed by atoms with Gasteiger partial charge >= 0.3 is 6.18 Å². The van der Waals surface area contributed by atoms with Gasteiger partial charge in [-0.05, 0) is 43.9 Å². The van der Waals surface area contributed by atoms with Crippen molar-refractivity contribution in [2.45, 2.75) is 11.1 Å². The van der Waals surface area contributed by atoms with Crippen molar-refractivity contribution in [2.75, 3.05) is 14.1 Å². The quantitative estimate of drug-likeness (QED) is 0.436. The van der Waals surface area contributed by atoms with Gasteiger partial charge in [-0.15, -0.1) is 0 Å². The maximum absolute atomic E-state index is 14.0. The number of primary sulfonamides is 1. The fourth-order valence-corrected chi connectivity index (χ4v) is 3.84. The molecule has 0 saturated heterocycles. The van der Waals surface area contributed by atoms with Crippen LogP contribution in [-0.2, 0) is 16.2 Å². The Bertz CT molecular complexity index is 1340. The van der Waals surface area contributed by atoms with E-state index in [1.54, 1.807) is 60.7 Å². The van der Waals surface area contributed by atoms with E-state index < -0.39 is 21.9 Å². The van der Waals surface area contributed by atoms with Gasteiger partial charge in [0.1, 0.15) is 0 Å². The van der Waals surface area contributed by atoms with Crippen molar-refractivity contribution in [3.8, 4) is 28.1 Å². The van der Waals surface area contributed by atoms with Gasteiger partial charge in [0.2, 0.25) is 10.0 Å². The molecule has 0 amide bonds. The van der Waals surface area contributed by atoms with E-state index >= 15 is 0 Å². The first kappa shape index (κ1) is 25.2. The summed E-state index contributed by atoms with van der Waals surface area (Å²) in [6, 6.07) is 21.9. The molecule has 0 bridgehead atoms. The Morgan fingerprint density at radius 3 is 1.79 bits per heavy atom. The van der Waals surface area contributed by atoms with Crippen LogP contribution in [0, 0.1) is 0 Å². The van der Waals surface area contributed by atoms with Crippen LogP contribution in [0.1, 0.15) is 5.69 Å². The highest BCUT2D eigenvalue weighted by molar-refractivity contribution is 7.89. The van der Waals surface area contributed by atoms with Crippen molar-refractivity contribution >= 4 is 10.0 Å². The Labute approximate surface area is 195 Å². The van der Waals surface area contributed by atoms with E-state index in [2.05, 4.69) is 10.4 Å². The van der Waals surface area contributed by atoms with Gasteiger partial charge in [0.15, 0.2) is 5.69 Å². The van der Waals surface area contributed by atoms with E-state index in [4.69, 9.17) is 5.14 Å². The molecule has 0 aliphatic heterocycles. The second-order valence-electron chi connectivity index (χ2n) is 7.25. The van der Waals surface area contributed by atoms with Crippen LogP contribution >= 0.6 is 0 Å². The molecule has 34 heavy (non-hydrogen) atoms. The fourth-order valence-electron chi connectivity index (χ4n) is 3.32. The summed E-state index contributed by atoms with van der Waals surface area (Å²) >= 11 is 0. The second-order valence-corrected chi connectivity index (χ2v) is 8.81. The molecule has 3 aromatic carbocycles. The van der Waals surface area contributed by atoms with Gasteiger partial charge in [-0.25, -0.2) is 18.2 Å². The molecule has 178 valence electrons. The Morgan fingerprint density at radius 1 is 0.824 bits per heavy atom. The van der Waals surface area contributed by atoms with Gasteiger partial charge in [0.25, 0.3) is 0 Å². The summed E-state index contributed by atoms with van der Waals surface area (Å²) < 4.78 is 66.5. The maximum Gasteiger partial charge on any atom is 0.435 e. The van der Waals surface area contributed by atoms with Gasteiger partial charge in [-0.1, -0.05) is 60.7 Å². The number of halogens is 3. The zero-order valence-electron chi connectivity index (χ0n) is 18.4. The molecule has 0 fully saturated rings. The van der Waals surface area contributed by atoms with Crippen LogP contribution in [-0.4, -0.2) is 32.3 Å². The number of alkyl halides is 3. The summed E-state index contributed by atoms with van der Waals surface area (Å²) in [5.41, 5.74) is 0.181. The van der Waals surface area contributed by atoms with Gasteiger partial charge in [-0.3, -0.25) is 0 Å². The molecule has 0 aliphatic rings. The highest BCUT2D eigenvalue weighted by Crippen LogP contribution is 2.43. The lowest BCUT2D eigenvalue weighted by atomic mass is 9.98. The molecule has 6 nitrogen and oxygen atoms in total. The number of rotatable bonds is 4. The van der Waals surface area contributed by atoms with E-state index in [9.17, 15) is 21.6 Å². The molecule has 4 rings (SSSR count). The molecule has 0 unspecified atom stereocenters. The number of nitrogens with two attached hydrogens (primary N) is 1. The number of sulfonamides is 1. The highest BCUT2D eigenvalue weighted by Gasteiger charge is 2.40. The Hall–Kier alpha value is -3.47. The van der Waals surface area contributed by atoms with E-state index in [1.165, 1.54) is 28.9 Å². The zero-order chi connectivity index (χ0) is 24.9. The standard InChI is InChI=1S/C22H16F3N3O2S.C2H7N/c23-22(24,25)21-19(15-7-3-1-4-8-15)20(28(27-21)17-9-5-2-6-10-17)16-11-13-18(14-12-16)31(26,29)30;1-3-2/h1-14H,(H2,26,29,30);3H,1-2H3. The summed E-state index contributed by atoms with van der Waals surface area (Å²) in [4.78, 5) is -0.140. The molecule has 0 saturated carbocycles. The number of hydrogen-bond donors (Lipinski definition) is 2. The van der Waals surface area contributed by atoms with Crippen LogP contribution < -0.4 is 10.5 Å². The number of para-hydroxylation sites is 1. The third-order valence-corrected chi connectivity index (χ3v) is 5.60. The van der Waals surface area contributed by atoms with Gasteiger partial charge < -0.3 is 5.32 Å². The van der Waals surface area contributed by atoms with Crippen molar-refractivity contribution in [2.24, 2.45) is 5.14 Å². The summed E-state index contributed by atoms with van der Waals surface area (Å²) in [5.74, 6) is 0. The topological polar surface area (TPSA) is 90.0 Å². The van der Waals surface area contributed by atoms with Crippen LogP contribution in [0.25, 0.3) is 28.1 Å². The Morgan fingerprint density at radius 2 is 1.32 bits per heavy atom. The van der Waals surface area contributed by atoms with Crippen LogP contribution in [0.5, 0.6) is 0 Å². The van der Waals surface area contributed by atoms with Crippen LogP contribution in [0.4, 0.5) is 13.2 Å². The average Bonchev–Trinajstić information content (AvgIpc) is 3.22. The van der Waals surface area contributed by atoms with Gasteiger partial charge in [-0.2, -0.15) is 18.3 Å². The first-order valence-corrected chi connectivity index (χ1v) is 11.6. The molecule has 0 spiro atoms. The van der Waals surface area contributed by atoms with Crippen molar-refractivity contribution in [1.82, 2.24) is 15.1 Å². The van der Waals surface area contributed by atoms with E-state index in [-0.39, 0.29) is 16.2 Å². The summed E-state index contributed by atoms with van der Waals surface area (Å²) in [6.45, 7) is 0. The summed E-state index contributed by atoms with van der Waals surface area (Å²) in [7, 11) is -0.197. The number of nitrogens with zero attached hydrogens (tertiary/aromatic N) is 2. The predicted octanol–water partition coefficient (Wildman–Crippen LogP) is 4.71. The number of benzene rings is 3. The Kier molecular flexibility index (Phi) is 7.55. The zero-order valence-corrected chi connectivity index (χ0v) is 19.2. The molecule has 1 aromatic heterocycles. The largest absolute Gasteiger partial charge is 0.435 e. The number of aromatic nitrogens is 2. The fraction of sp³-hybridized carbons (Fsp3) is 0.125. The highest BCUT2D eigenvalue weighted by atomic mass is 32.2. The molecule has 10 heteroatoms. The molecular weight excluding hydrogens is 465 g/mol. The van der Waals surface area contributed by atoms with Crippen molar-refractivity contribution in [3.05, 3.63) is 90.6 Å². The van der Waals surface area contributed by atoms with Crippen molar-refractivity contribution in [1.29, 1.82) is 0 Å². The number of hydrogen-bond acceptors (Lipinski definition) is 4. The lowest BCUT2D eigenvalue weighted by molar-refractivity contribution is -0.140. The first-order chi connectivity index (χ1) is 16.1. The first-order valence-electron chi connectivity index (χ1n) is 10.1. The lowest BCUT2D eigenvalue weighted by Gasteiger charge is -2.12. The predicted molar refractivity (Wildman–Crippen MR) is 126 cm³/mol. The monoisotopic (exact) mass is 488 g/mol. The molecule has 0 aliphatic carbocycles. The van der Waals surface area contributed by atoms with Crippen LogP contribution in [0.2, 0.25) is 0 Å². The smallest absolute Gasteiger partial charge is 0.323 e. The van der Waals surface area contributed by atoms with Gasteiger partial charge in [0.05, 0.1) is 16.3 Å². The molecule has 3 N–H and O–H groups in total. The third kappa shape index (κ3) is 5.53. The minimum atomic E-state index is -4.71. The van der Waals surface area contributed by atoms with Crippen molar-refractivity contribution < 1.29 is 21.6 Å². The van der Waals surface area contributed by atoms with Crippen LogP contribution in [0.15, 0.2) is 89.8 Å². The molecule has 1 heterocycles. The molecule has 0 radical (unpaired) electrons. The summed E-state index contributed by atoms with van der Waals surface area (Å²) in [6.07, 6.45) is -4.71. The SMILES string of the molecule is CNC.NS(=O)(=O)c1ccc(-c2c(-c3ccccc3)c(C(F)(F)F)nn2-c2ccccc2)cc1.